The van der Waals surface area contributed by atoms with Gasteiger partial charge in [-0.05, 0) is 72.8 Å². The van der Waals surface area contributed by atoms with Crippen LogP contribution in [-0.4, -0.2) is 16.9 Å². The molecule has 4 aromatic rings. The predicted octanol–water partition coefficient (Wildman–Crippen LogP) is 6.91. The highest BCUT2D eigenvalue weighted by molar-refractivity contribution is 6.35. The van der Waals surface area contributed by atoms with Crippen LogP contribution in [0.4, 0.5) is 46.4 Å². The molecule has 1 aromatic heterocycles. The van der Waals surface area contributed by atoms with Gasteiger partial charge in [0.25, 0.3) is 5.91 Å². The minimum atomic E-state index is -4.44. The van der Waals surface area contributed by atoms with Gasteiger partial charge in [-0.2, -0.15) is 13.2 Å². The van der Waals surface area contributed by atoms with Gasteiger partial charge in [-0.15, -0.1) is 0 Å². The Morgan fingerprint density at radius 1 is 0.811 bits per heavy atom. The lowest BCUT2D eigenvalue weighted by Gasteiger charge is -2.12. The number of benzene rings is 3. The van der Waals surface area contributed by atoms with Crippen LogP contribution in [0.25, 0.3) is 11.6 Å². The molecule has 3 aromatic carbocycles. The third kappa shape index (κ3) is 5.48. The minimum absolute atomic E-state index is 0.188. The van der Waals surface area contributed by atoms with E-state index in [1.165, 1.54) is 12.1 Å². The smallest absolute Gasteiger partial charge is 0.362 e. The van der Waals surface area contributed by atoms with E-state index in [1.807, 2.05) is 30.3 Å². The van der Waals surface area contributed by atoms with Gasteiger partial charge in [0.15, 0.2) is 0 Å². The topological polar surface area (TPSA) is 98.0 Å². The Morgan fingerprint density at radius 3 is 2.24 bits per heavy atom. The first kappa shape index (κ1) is 23.7. The lowest BCUT2D eigenvalue weighted by atomic mass is 10.1. The summed E-state index contributed by atoms with van der Waals surface area (Å²) < 4.78 is 38.1. The van der Waals surface area contributed by atoms with Crippen LogP contribution in [0, 0.1) is 0 Å². The number of aromatic amines is 1. The van der Waals surface area contributed by atoms with Gasteiger partial charge in [0, 0.05) is 40.2 Å². The first-order chi connectivity index (χ1) is 17.7. The summed E-state index contributed by atoms with van der Waals surface area (Å²) in [5.74, 6) is -0.188. The van der Waals surface area contributed by atoms with Gasteiger partial charge >= 0.3 is 12.2 Å². The first-order valence-electron chi connectivity index (χ1n) is 11.2. The van der Waals surface area contributed by atoms with Crippen LogP contribution in [-0.2, 0) is 11.0 Å². The molecule has 0 bridgehead atoms. The molecule has 0 aliphatic carbocycles. The third-order valence-electron chi connectivity index (χ3n) is 5.60. The van der Waals surface area contributed by atoms with Gasteiger partial charge in [-0.25, -0.2) is 4.79 Å². The van der Waals surface area contributed by atoms with E-state index in [9.17, 15) is 22.8 Å². The fourth-order valence-corrected chi connectivity index (χ4v) is 3.88. The second-order valence-corrected chi connectivity index (χ2v) is 8.26. The number of halogens is 3. The lowest BCUT2D eigenvalue weighted by molar-refractivity contribution is -0.137. The molecule has 7 nitrogen and oxygen atoms in total. The Kier molecular flexibility index (Phi) is 6.14. The highest BCUT2D eigenvalue weighted by Gasteiger charge is 2.30. The molecule has 1 aliphatic heterocycles. The summed E-state index contributed by atoms with van der Waals surface area (Å²) in [7, 11) is 0. The normalized spacial score (nSPS) is 13.7. The molecule has 5 N–H and O–H groups in total. The number of nitrogens with one attached hydrogen (secondary N) is 5. The minimum Gasteiger partial charge on any atom is -0.362 e. The molecule has 3 amide bonds. The monoisotopic (exact) mass is 503 g/mol. The molecule has 0 fully saturated rings. The Balaban J connectivity index is 1.24. The summed E-state index contributed by atoms with van der Waals surface area (Å²) in [6.07, 6.45) is -0.867. The number of aromatic nitrogens is 1. The second kappa shape index (κ2) is 9.57. The zero-order valence-corrected chi connectivity index (χ0v) is 19.1. The fourth-order valence-electron chi connectivity index (χ4n) is 3.88. The Morgan fingerprint density at radius 2 is 1.51 bits per heavy atom. The third-order valence-corrected chi connectivity index (χ3v) is 5.60. The van der Waals surface area contributed by atoms with Crippen molar-refractivity contribution in [1.82, 2.24) is 4.98 Å². The largest absolute Gasteiger partial charge is 0.416 e. The first-order valence-corrected chi connectivity index (χ1v) is 11.2. The van der Waals surface area contributed by atoms with Crippen LogP contribution in [0.1, 0.15) is 16.8 Å². The molecule has 0 radical (unpaired) electrons. The number of carbonyl (C=O) groups is 2. The maximum absolute atomic E-state index is 12.7. The van der Waals surface area contributed by atoms with E-state index in [2.05, 4.69) is 26.3 Å². The summed E-state index contributed by atoms with van der Waals surface area (Å²) in [5, 5.41) is 11.3. The van der Waals surface area contributed by atoms with Crippen LogP contribution >= 0.6 is 0 Å². The number of anilines is 5. The molecule has 2 heterocycles. The summed E-state index contributed by atoms with van der Waals surface area (Å²) >= 11 is 0. The van der Waals surface area contributed by atoms with Crippen molar-refractivity contribution < 1.29 is 22.8 Å². The van der Waals surface area contributed by atoms with E-state index < -0.39 is 17.8 Å². The number of H-pyrrole nitrogens is 1. The summed E-state index contributed by atoms with van der Waals surface area (Å²) in [4.78, 5) is 27.8. The number of carbonyl (C=O) groups excluding carboxylic acids is 2. The molecule has 10 heteroatoms. The molecule has 0 spiro atoms. The standard InChI is InChI=1S/C27H20F3N5O2/c28-27(29,30)16-6-8-17(9-7-16)33-26(37)34-20-4-1-3-19(13-20)32-21-10-11-22-23(14-18-5-2-12-31-18)25(36)35-24(22)15-21/h1-15,31-32H,(H,35,36)(H2,33,34,37)/b23-14-. The molecular weight excluding hydrogens is 483 g/mol. The van der Waals surface area contributed by atoms with Gasteiger partial charge in [-0.1, -0.05) is 12.1 Å². The molecule has 1 aliphatic rings. The van der Waals surface area contributed by atoms with Crippen LogP contribution < -0.4 is 21.3 Å². The molecule has 0 saturated carbocycles. The van der Waals surface area contributed by atoms with Crippen LogP contribution in [0.3, 0.4) is 0 Å². The van der Waals surface area contributed by atoms with E-state index in [0.29, 0.717) is 22.6 Å². The van der Waals surface area contributed by atoms with Crippen molar-refractivity contribution in [2.24, 2.45) is 0 Å². The van der Waals surface area contributed by atoms with Gasteiger partial charge in [0.1, 0.15) is 0 Å². The summed E-state index contributed by atoms with van der Waals surface area (Å²) in [6, 6.07) is 19.7. The average molecular weight is 503 g/mol. The van der Waals surface area contributed by atoms with E-state index in [-0.39, 0.29) is 11.6 Å². The molecule has 37 heavy (non-hydrogen) atoms. The number of rotatable bonds is 5. The fraction of sp³-hybridized carbons (Fsp3) is 0.0370. The molecule has 0 atom stereocenters. The van der Waals surface area contributed by atoms with Crippen molar-refractivity contribution in [2.45, 2.75) is 6.18 Å². The van der Waals surface area contributed by atoms with Crippen LogP contribution in [0.2, 0.25) is 0 Å². The van der Waals surface area contributed by atoms with Gasteiger partial charge < -0.3 is 26.3 Å². The summed E-state index contributed by atoms with van der Waals surface area (Å²) in [6.45, 7) is 0. The van der Waals surface area contributed by atoms with E-state index >= 15 is 0 Å². The number of alkyl halides is 3. The van der Waals surface area contributed by atoms with Crippen molar-refractivity contribution in [1.29, 1.82) is 0 Å². The highest BCUT2D eigenvalue weighted by atomic mass is 19.4. The maximum Gasteiger partial charge on any atom is 0.416 e. The molecule has 0 saturated heterocycles. The predicted molar refractivity (Wildman–Crippen MR) is 138 cm³/mol. The van der Waals surface area contributed by atoms with Gasteiger partial charge in [-0.3, -0.25) is 4.79 Å². The maximum atomic E-state index is 12.7. The van der Waals surface area contributed by atoms with Crippen molar-refractivity contribution in [3.05, 3.63) is 102 Å². The highest BCUT2D eigenvalue weighted by Crippen LogP contribution is 2.36. The van der Waals surface area contributed by atoms with Crippen LogP contribution in [0.5, 0.6) is 0 Å². The van der Waals surface area contributed by atoms with E-state index in [0.717, 1.165) is 29.1 Å². The molecule has 186 valence electrons. The number of hydrogen-bond acceptors (Lipinski definition) is 3. The number of fused-ring (bicyclic) bond motifs is 1. The zero-order valence-electron chi connectivity index (χ0n) is 19.1. The van der Waals surface area contributed by atoms with Crippen molar-refractivity contribution in [3.63, 3.8) is 0 Å². The number of hydrogen-bond donors (Lipinski definition) is 5. The number of amides is 3. The van der Waals surface area contributed by atoms with Crippen LogP contribution in [0.15, 0.2) is 85.1 Å². The van der Waals surface area contributed by atoms with E-state index in [4.69, 9.17) is 0 Å². The second-order valence-electron chi connectivity index (χ2n) is 8.26. The Bertz CT molecular complexity index is 1490. The lowest BCUT2D eigenvalue weighted by Crippen LogP contribution is -2.19. The quantitative estimate of drug-likeness (QED) is 0.191. The van der Waals surface area contributed by atoms with Crippen molar-refractivity contribution >= 4 is 52.0 Å². The number of urea groups is 1. The Hall–Kier alpha value is -4.99. The van der Waals surface area contributed by atoms with E-state index in [1.54, 1.807) is 36.5 Å². The molecule has 5 rings (SSSR count). The van der Waals surface area contributed by atoms with Gasteiger partial charge in [0.05, 0.1) is 16.8 Å². The van der Waals surface area contributed by atoms with Crippen molar-refractivity contribution in [3.8, 4) is 0 Å². The van der Waals surface area contributed by atoms with Gasteiger partial charge in [0.2, 0.25) is 0 Å². The molecule has 0 unspecified atom stereocenters. The summed E-state index contributed by atoms with van der Waals surface area (Å²) in [5.41, 5.74) is 4.17. The van der Waals surface area contributed by atoms with Crippen molar-refractivity contribution in [2.75, 3.05) is 21.3 Å². The zero-order chi connectivity index (χ0) is 26.0. The Labute approximate surface area is 209 Å². The average Bonchev–Trinajstić information content (AvgIpc) is 3.47. The molecular formula is C27H20F3N5O2. The SMILES string of the molecule is O=C(Nc1ccc(C(F)(F)F)cc1)Nc1cccc(Nc2ccc3c(c2)NC(=O)/C3=C\c2ccc[nH]2)c1.